The molecule has 0 saturated carbocycles. The van der Waals surface area contributed by atoms with E-state index in [0.29, 0.717) is 17.1 Å². The van der Waals surface area contributed by atoms with Crippen LogP contribution in [0.3, 0.4) is 0 Å². The summed E-state index contributed by atoms with van der Waals surface area (Å²) < 4.78 is 3.57. The van der Waals surface area contributed by atoms with E-state index in [1.165, 1.54) is 0 Å². The van der Waals surface area contributed by atoms with Crippen molar-refractivity contribution in [3.63, 3.8) is 0 Å². The summed E-state index contributed by atoms with van der Waals surface area (Å²) in [5, 5.41) is 12.3. The van der Waals surface area contributed by atoms with Crippen molar-refractivity contribution in [1.29, 1.82) is 0 Å². The van der Waals surface area contributed by atoms with Crippen molar-refractivity contribution in [3.05, 3.63) is 94.5 Å². The Balaban J connectivity index is 1.33. The molecule has 0 unspecified atom stereocenters. The van der Waals surface area contributed by atoms with Crippen molar-refractivity contribution in [2.45, 2.75) is 20.3 Å². The molecule has 30 heavy (non-hydrogen) atoms. The molecule has 0 radical (unpaired) electrons. The van der Waals surface area contributed by atoms with Crippen LogP contribution in [0.5, 0.6) is 0 Å². The van der Waals surface area contributed by atoms with Gasteiger partial charge in [0.15, 0.2) is 0 Å². The summed E-state index contributed by atoms with van der Waals surface area (Å²) in [6.45, 7) is 4.57. The van der Waals surface area contributed by atoms with Gasteiger partial charge in [0, 0.05) is 23.5 Å². The van der Waals surface area contributed by atoms with Crippen molar-refractivity contribution in [2.24, 2.45) is 0 Å². The molecule has 4 rings (SSSR count). The molecule has 6 nitrogen and oxygen atoms in total. The first-order valence-corrected chi connectivity index (χ1v) is 10.1. The van der Waals surface area contributed by atoms with Gasteiger partial charge in [-0.05, 0) is 62.2 Å². The Bertz CT molecular complexity index is 1180. The van der Waals surface area contributed by atoms with Gasteiger partial charge in [0.1, 0.15) is 0 Å². The summed E-state index contributed by atoms with van der Waals surface area (Å²) >= 11 is 6.02. The second-order valence-electron chi connectivity index (χ2n) is 7.16. The quantitative estimate of drug-likeness (QED) is 0.506. The van der Waals surface area contributed by atoms with Gasteiger partial charge in [-0.25, -0.2) is 9.36 Å². The zero-order valence-electron chi connectivity index (χ0n) is 16.8. The summed E-state index contributed by atoms with van der Waals surface area (Å²) in [6.07, 6.45) is 4.00. The Kier molecular flexibility index (Phi) is 5.68. The molecule has 0 aliphatic carbocycles. The predicted octanol–water partition coefficient (Wildman–Crippen LogP) is 4.30. The van der Waals surface area contributed by atoms with E-state index in [1.807, 2.05) is 42.8 Å². The average molecular weight is 420 g/mol. The maximum atomic E-state index is 12.4. The van der Waals surface area contributed by atoms with Gasteiger partial charge in [-0.1, -0.05) is 29.8 Å². The summed E-state index contributed by atoms with van der Waals surface area (Å²) in [4.78, 5) is 12.4. The van der Waals surface area contributed by atoms with E-state index in [-0.39, 0.29) is 5.91 Å². The number of carbonyl (C=O) groups excluding carboxylic acids is 1. The smallest absolute Gasteiger partial charge is 0.254 e. The lowest BCUT2D eigenvalue weighted by molar-refractivity contribution is 0.0954. The lowest BCUT2D eigenvalue weighted by Crippen LogP contribution is -2.25. The first-order valence-electron chi connectivity index (χ1n) is 9.71. The molecule has 1 amide bonds. The number of hydrogen-bond acceptors (Lipinski definition) is 3. The Morgan fingerprint density at radius 3 is 2.57 bits per heavy atom. The standard InChI is InChI=1S/C23H22ClN5O/c1-16-12-17(2)29(27-16)21-8-6-18(7-9-21)10-11-25-23(30)19-14-26-28(15-19)22-5-3-4-20(24)13-22/h3-9,12-15H,10-11H2,1-2H3,(H,25,30). The SMILES string of the molecule is Cc1cc(C)n(-c2ccc(CCNC(=O)c3cnn(-c4cccc(Cl)c4)c3)cc2)n1. The Hall–Kier alpha value is -3.38. The second-order valence-corrected chi connectivity index (χ2v) is 7.60. The molecule has 152 valence electrons. The van der Waals surface area contributed by atoms with Crippen LogP contribution in [0.15, 0.2) is 67.0 Å². The van der Waals surface area contributed by atoms with E-state index in [9.17, 15) is 4.79 Å². The number of nitrogens with zero attached hydrogens (tertiary/aromatic N) is 4. The van der Waals surface area contributed by atoms with Gasteiger partial charge < -0.3 is 5.32 Å². The Labute approximate surface area is 180 Å². The summed E-state index contributed by atoms with van der Waals surface area (Å²) in [5.41, 5.74) is 5.60. The Morgan fingerprint density at radius 2 is 1.87 bits per heavy atom. The summed E-state index contributed by atoms with van der Waals surface area (Å²) in [5.74, 6) is -0.150. The van der Waals surface area contributed by atoms with Crippen LogP contribution in [-0.4, -0.2) is 32.0 Å². The average Bonchev–Trinajstić information content (AvgIpc) is 3.35. The van der Waals surface area contributed by atoms with Crippen molar-refractivity contribution in [3.8, 4) is 11.4 Å². The molecule has 2 aromatic heterocycles. The summed E-state index contributed by atoms with van der Waals surface area (Å²) in [6, 6.07) is 17.6. The number of hydrogen-bond donors (Lipinski definition) is 1. The van der Waals surface area contributed by atoms with Gasteiger partial charge in [-0.2, -0.15) is 10.2 Å². The molecular weight excluding hydrogens is 398 g/mol. The minimum atomic E-state index is -0.150. The predicted molar refractivity (Wildman–Crippen MR) is 118 cm³/mol. The van der Waals surface area contributed by atoms with E-state index in [0.717, 1.165) is 34.7 Å². The van der Waals surface area contributed by atoms with E-state index in [4.69, 9.17) is 11.6 Å². The highest BCUT2D eigenvalue weighted by Crippen LogP contribution is 2.15. The highest BCUT2D eigenvalue weighted by atomic mass is 35.5. The zero-order valence-corrected chi connectivity index (χ0v) is 17.6. The van der Waals surface area contributed by atoms with Crippen molar-refractivity contribution in [1.82, 2.24) is 24.9 Å². The number of nitrogens with one attached hydrogen (secondary N) is 1. The molecule has 0 spiro atoms. The monoisotopic (exact) mass is 419 g/mol. The number of rotatable bonds is 6. The minimum absolute atomic E-state index is 0.150. The zero-order chi connectivity index (χ0) is 21.1. The molecule has 0 aliphatic rings. The first-order chi connectivity index (χ1) is 14.5. The normalized spacial score (nSPS) is 10.9. The number of carbonyl (C=O) groups is 1. The molecule has 0 bridgehead atoms. The van der Waals surface area contributed by atoms with Crippen LogP contribution in [0, 0.1) is 13.8 Å². The van der Waals surface area contributed by atoms with Crippen LogP contribution in [0.2, 0.25) is 5.02 Å². The fourth-order valence-corrected chi connectivity index (χ4v) is 3.50. The van der Waals surface area contributed by atoms with Crippen molar-refractivity contribution in [2.75, 3.05) is 6.54 Å². The molecule has 0 saturated heterocycles. The van der Waals surface area contributed by atoms with E-state index < -0.39 is 0 Å². The van der Waals surface area contributed by atoms with Crippen LogP contribution in [0.25, 0.3) is 11.4 Å². The number of aryl methyl sites for hydroxylation is 2. The lowest BCUT2D eigenvalue weighted by atomic mass is 10.1. The maximum absolute atomic E-state index is 12.4. The van der Waals surface area contributed by atoms with Gasteiger partial charge >= 0.3 is 0 Å². The minimum Gasteiger partial charge on any atom is -0.352 e. The van der Waals surface area contributed by atoms with Crippen LogP contribution in [-0.2, 0) is 6.42 Å². The molecule has 4 aromatic rings. The number of benzene rings is 2. The van der Waals surface area contributed by atoms with Gasteiger partial charge in [-0.3, -0.25) is 4.79 Å². The molecule has 7 heteroatoms. The van der Waals surface area contributed by atoms with Crippen LogP contribution in [0.4, 0.5) is 0 Å². The molecule has 0 atom stereocenters. The van der Waals surface area contributed by atoms with Gasteiger partial charge in [0.25, 0.3) is 5.91 Å². The van der Waals surface area contributed by atoms with E-state index in [1.54, 1.807) is 29.2 Å². The van der Waals surface area contributed by atoms with E-state index >= 15 is 0 Å². The molecule has 0 fully saturated rings. The lowest BCUT2D eigenvalue weighted by Gasteiger charge is -2.07. The summed E-state index contributed by atoms with van der Waals surface area (Å²) in [7, 11) is 0. The third-order valence-corrected chi connectivity index (χ3v) is 5.04. The number of aromatic nitrogens is 4. The number of halogens is 1. The van der Waals surface area contributed by atoms with Gasteiger partial charge in [0.2, 0.25) is 0 Å². The Morgan fingerprint density at radius 1 is 1.07 bits per heavy atom. The van der Waals surface area contributed by atoms with Crippen LogP contribution in [0.1, 0.15) is 27.3 Å². The molecular formula is C23H22ClN5O. The van der Waals surface area contributed by atoms with E-state index in [2.05, 4.69) is 33.7 Å². The molecule has 1 N–H and O–H groups in total. The highest BCUT2D eigenvalue weighted by molar-refractivity contribution is 6.30. The third-order valence-electron chi connectivity index (χ3n) is 4.81. The first kappa shape index (κ1) is 19.9. The van der Waals surface area contributed by atoms with Crippen LogP contribution < -0.4 is 5.32 Å². The largest absolute Gasteiger partial charge is 0.352 e. The molecule has 0 aliphatic heterocycles. The van der Waals surface area contributed by atoms with Gasteiger partial charge in [-0.15, -0.1) is 0 Å². The van der Waals surface area contributed by atoms with Crippen molar-refractivity contribution < 1.29 is 4.79 Å². The highest BCUT2D eigenvalue weighted by Gasteiger charge is 2.10. The second kappa shape index (κ2) is 8.55. The molecule has 2 heterocycles. The molecule has 2 aromatic carbocycles. The van der Waals surface area contributed by atoms with Crippen molar-refractivity contribution >= 4 is 17.5 Å². The number of amides is 1. The third kappa shape index (κ3) is 4.44. The van der Waals surface area contributed by atoms with Gasteiger partial charge in [0.05, 0.1) is 28.8 Å². The fourth-order valence-electron chi connectivity index (χ4n) is 3.32. The topological polar surface area (TPSA) is 64.7 Å². The fraction of sp³-hybridized carbons (Fsp3) is 0.174. The maximum Gasteiger partial charge on any atom is 0.254 e. The van der Waals surface area contributed by atoms with Crippen LogP contribution >= 0.6 is 11.6 Å².